The number of nitrogens with two attached hydrogens (primary N) is 1. The molecule has 0 amide bonds. The third-order valence-electron chi connectivity index (χ3n) is 1.17. The van der Waals surface area contributed by atoms with E-state index in [-0.39, 0.29) is 0 Å². The van der Waals surface area contributed by atoms with Gasteiger partial charge in [-0.3, -0.25) is 0 Å². The maximum absolute atomic E-state index is 5.54. The molecule has 0 radical (unpaired) electrons. The molecule has 0 saturated heterocycles. The fraction of sp³-hybridized carbons (Fsp3) is 0. The van der Waals surface area contributed by atoms with Crippen molar-refractivity contribution in [2.75, 3.05) is 0 Å². The molecular formula is C8H9N. The van der Waals surface area contributed by atoms with E-state index in [0.29, 0.717) is 0 Å². The van der Waals surface area contributed by atoms with Crippen LogP contribution in [0.3, 0.4) is 0 Å². The van der Waals surface area contributed by atoms with Crippen molar-refractivity contribution >= 4 is 0 Å². The van der Waals surface area contributed by atoms with Gasteiger partial charge in [-0.15, -0.1) is 0 Å². The molecule has 0 aromatic rings. The Morgan fingerprint density at radius 2 is 2.00 bits per heavy atom. The van der Waals surface area contributed by atoms with Crippen LogP contribution in [-0.2, 0) is 0 Å². The van der Waals surface area contributed by atoms with Crippen molar-refractivity contribution in [3.8, 4) is 0 Å². The van der Waals surface area contributed by atoms with Crippen LogP contribution < -0.4 is 5.73 Å². The minimum Gasteiger partial charge on any atom is -0.398 e. The van der Waals surface area contributed by atoms with E-state index >= 15 is 0 Å². The van der Waals surface area contributed by atoms with Crippen molar-refractivity contribution in [3.05, 3.63) is 48.2 Å². The lowest BCUT2D eigenvalue weighted by molar-refractivity contribution is 1.37. The molecular weight excluding hydrogens is 110 g/mol. The molecule has 0 heterocycles. The molecule has 9 heavy (non-hydrogen) atoms. The lowest BCUT2D eigenvalue weighted by Gasteiger charge is -1.94. The van der Waals surface area contributed by atoms with Crippen molar-refractivity contribution in [2.24, 2.45) is 5.73 Å². The fourth-order valence-electron chi connectivity index (χ4n) is 0.598. The first-order chi connectivity index (χ1) is 4.30. The van der Waals surface area contributed by atoms with Gasteiger partial charge in [0.25, 0.3) is 0 Å². The van der Waals surface area contributed by atoms with Gasteiger partial charge in [-0.25, -0.2) is 0 Å². The number of hydrogen-bond donors (Lipinski definition) is 1. The first kappa shape index (κ1) is 5.89. The topological polar surface area (TPSA) is 26.0 Å². The summed E-state index contributed by atoms with van der Waals surface area (Å²) in [4.78, 5) is 0. The zero-order chi connectivity index (χ0) is 6.69. The summed E-state index contributed by atoms with van der Waals surface area (Å²) in [6.07, 6.45) is 9.45. The highest BCUT2D eigenvalue weighted by Crippen LogP contribution is 2.05. The van der Waals surface area contributed by atoms with Crippen LogP contribution in [0.25, 0.3) is 0 Å². The van der Waals surface area contributed by atoms with E-state index in [9.17, 15) is 0 Å². The maximum Gasteiger partial charge on any atom is 0.0381 e. The van der Waals surface area contributed by atoms with Crippen molar-refractivity contribution in [1.29, 1.82) is 0 Å². The summed E-state index contributed by atoms with van der Waals surface area (Å²) in [6, 6.07) is 0. The van der Waals surface area contributed by atoms with Crippen molar-refractivity contribution in [2.45, 2.75) is 0 Å². The second kappa shape index (κ2) is 2.35. The Morgan fingerprint density at radius 3 is 2.78 bits per heavy atom. The zero-order valence-electron chi connectivity index (χ0n) is 5.17. The minimum atomic E-state index is 0.736. The van der Waals surface area contributed by atoms with E-state index in [2.05, 4.69) is 6.58 Å². The second-order valence-corrected chi connectivity index (χ2v) is 1.89. The average Bonchev–Trinajstić information content (AvgIpc) is 1.99. The predicted octanol–water partition coefficient (Wildman–Crippen LogP) is 1.51. The third kappa shape index (κ3) is 1.32. The molecule has 2 N–H and O–H groups in total. The summed E-state index contributed by atoms with van der Waals surface area (Å²) in [5.41, 5.74) is 7.15. The first-order valence-corrected chi connectivity index (χ1v) is 2.80. The Morgan fingerprint density at radius 1 is 1.22 bits per heavy atom. The largest absolute Gasteiger partial charge is 0.398 e. The van der Waals surface area contributed by atoms with Crippen LogP contribution in [-0.4, -0.2) is 0 Å². The molecule has 0 atom stereocenters. The summed E-state index contributed by atoms with van der Waals surface area (Å²) in [5.74, 6) is 0. The van der Waals surface area contributed by atoms with Gasteiger partial charge < -0.3 is 5.73 Å². The molecule has 0 spiro atoms. The van der Waals surface area contributed by atoms with Gasteiger partial charge in [-0.05, 0) is 11.6 Å². The van der Waals surface area contributed by atoms with Crippen LogP contribution in [0.1, 0.15) is 0 Å². The van der Waals surface area contributed by atoms with Gasteiger partial charge in [0, 0.05) is 5.70 Å². The van der Waals surface area contributed by atoms with Crippen LogP contribution in [0.5, 0.6) is 0 Å². The molecule has 1 rings (SSSR count). The van der Waals surface area contributed by atoms with Gasteiger partial charge in [0.1, 0.15) is 0 Å². The summed E-state index contributed by atoms with van der Waals surface area (Å²) in [6.45, 7) is 3.74. The molecule has 46 valence electrons. The van der Waals surface area contributed by atoms with E-state index < -0.39 is 0 Å². The average molecular weight is 119 g/mol. The van der Waals surface area contributed by atoms with Crippen molar-refractivity contribution < 1.29 is 0 Å². The van der Waals surface area contributed by atoms with E-state index in [4.69, 9.17) is 5.73 Å². The summed E-state index contributed by atoms with van der Waals surface area (Å²) >= 11 is 0. The second-order valence-electron chi connectivity index (χ2n) is 1.89. The van der Waals surface area contributed by atoms with Gasteiger partial charge in [0.15, 0.2) is 0 Å². The quantitative estimate of drug-likeness (QED) is 0.514. The number of rotatable bonds is 0. The number of allylic oxidation sites excluding steroid dienone is 5. The molecule has 0 aliphatic heterocycles. The van der Waals surface area contributed by atoms with E-state index in [1.165, 1.54) is 0 Å². The van der Waals surface area contributed by atoms with Gasteiger partial charge in [-0.2, -0.15) is 0 Å². The Balaban J connectivity index is 2.93. The van der Waals surface area contributed by atoms with Crippen LogP contribution in [0, 0.1) is 0 Å². The maximum atomic E-state index is 5.54. The zero-order valence-corrected chi connectivity index (χ0v) is 5.17. The highest BCUT2D eigenvalue weighted by Gasteiger charge is 1.91. The molecule has 0 saturated carbocycles. The third-order valence-corrected chi connectivity index (χ3v) is 1.17. The van der Waals surface area contributed by atoms with Crippen LogP contribution in [0.2, 0.25) is 0 Å². The first-order valence-electron chi connectivity index (χ1n) is 2.80. The van der Waals surface area contributed by atoms with Crippen molar-refractivity contribution in [3.63, 3.8) is 0 Å². The summed E-state index contributed by atoms with van der Waals surface area (Å²) in [5, 5.41) is 0. The molecule has 1 heteroatoms. The van der Waals surface area contributed by atoms with Crippen LogP contribution >= 0.6 is 0 Å². The van der Waals surface area contributed by atoms with Gasteiger partial charge in [0.2, 0.25) is 0 Å². The molecule has 1 aliphatic carbocycles. The van der Waals surface area contributed by atoms with E-state index in [1.807, 2.05) is 30.4 Å². The molecule has 0 bridgehead atoms. The molecule has 0 unspecified atom stereocenters. The van der Waals surface area contributed by atoms with Crippen LogP contribution in [0.15, 0.2) is 48.2 Å². The van der Waals surface area contributed by atoms with E-state index in [0.717, 1.165) is 11.3 Å². The predicted molar refractivity (Wildman–Crippen MR) is 39.7 cm³/mol. The molecule has 0 aromatic carbocycles. The van der Waals surface area contributed by atoms with Gasteiger partial charge >= 0.3 is 0 Å². The molecule has 1 nitrogen and oxygen atoms in total. The van der Waals surface area contributed by atoms with Crippen LogP contribution in [0.4, 0.5) is 0 Å². The summed E-state index contributed by atoms with van der Waals surface area (Å²) < 4.78 is 0. The molecule has 0 fully saturated rings. The highest BCUT2D eigenvalue weighted by atomic mass is 14.6. The monoisotopic (exact) mass is 119 g/mol. The SMILES string of the molecule is C=C1C=CC=CC=C1N. The summed E-state index contributed by atoms with van der Waals surface area (Å²) in [7, 11) is 0. The van der Waals surface area contributed by atoms with Crippen molar-refractivity contribution in [1.82, 2.24) is 0 Å². The highest BCUT2D eigenvalue weighted by molar-refractivity contribution is 5.41. The Hall–Kier alpha value is -1.24. The fourth-order valence-corrected chi connectivity index (χ4v) is 0.598. The van der Waals surface area contributed by atoms with E-state index in [1.54, 1.807) is 0 Å². The Bertz CT molecular complexity index is 207. The standard InChI is InChI=1S/C8H9N/c1-7-5-3-2-4-6-8(7)9/h2-6H,1,9H2. The lowest BCUT2D eigenvalue weighted by Crippen LogP contribution is -1.96. The van der Waals surface area contributed by atoms with Gasteiger partial charge in [-0.1, -0.05) is 30.9 Å². The number of hydrogen-bond acceptors (Lipinski definition) is 1. The van der Waals surface area contributed by atoms with Gasteiger partial charge in [0.05, 0.1) is 0 Å². The molecule has 0 aromatic heterocycles. The Labute approximate surface area is 54.9 Å². The smallest absolute Gasteiger partial charge is 0.0381 e. The molecule has 1 aliphatic rings. The minimum absolute atomic E-state index is 0.736. The normalized spacial score (nSPS) is 17.3. The lowest BCUT2D eigenvalue weighted by atomic mass is 10.2. The Kier molecular flexibility index (Phi) is 1.54.